The fraction of sp³-hybridized carbons (Fsp3) is 0.611. The number of amides is 1. The van der Waals surface area contributed by atoms with Gasteiger partial charge in [0.15, 0.2) is 0 Å². The SMILES string of the molecule is Cc1ccc(CCC(=O)NC2CCCCCCC2)cc1. The lowest BCUT2D eigenvalue weighted by molar-refractivity contribution is -0.121. The molecular formula is C18H27NO. The van der Waals surface area contributed by atoms with E-state index < -0.39 is 0 Å². The molecule has 1 amide bonds. The highest BCUT2D eigenvalue weighted by atomic mass is 16.1. The molecule has 2 heteroatoms. The standard InChI is InChI=1S/C18H27NO/c1-15-9-11-16(12-10-15)13-14-18(20)19-17-7-5-3-2-4-6-8-17/h9-12,17H,2-8,13-14H2,1H3,(H,19,20). The molecule has 0 atom stereocenters. The van der Waals surface area contributed by atoms with Crippen LogP contribution in [-0.2, 0) is 11.2 Å². The zero-order chi connectivity index (χ0) is 14.2. The Balaban J connectivity index is 1.72. The predicted octanol–water partition coefficient (Wildman–Crippen LogP) is 4.16. The van der Waals surface area contributed by atoms with E-state index in [1.54, 1.807) is 0 Å². The molecule has 0 heterocycles. The number of carbonyl (C=O) groups is 1. The second-order valence-electron chi connectivity index (χ2n) is 6.10. The molecule has 20 heavy (non-hydrogen) atoms. The first-order valence-electron chi connectivity index (χ1n) is 8.09. The molecule has 2 rings (SSSR count). The van der Waals surface area contributed by atoms with Gasteiger partial charge < -0.3 is 5.32 Å². The molecule has 1 aromatic rings. The van der Waals surface area contributed by atoms with Gasteiger partial charge in [-0.3, -0.25) is 4.79 Å². The van der Waals surface area contributed by atoms with Crippen LogP contribution in [0, 0.1) is 6.92 Å². The van der Waals surface area contributed by atoms with Gasteiger partial charge in [0.25, 0.3) is 0 Å². The first-order valence-corrected chi connectivity index (χ1v) is 8.09. The highest BCUT2D eigenvalue weighted by Crippen LogP contribution is 2.17. The molecule has 0 radical (unpaired) electrons. The van der Waals surface area contributed by atoms with Crippen LogP contribution in [0.15, 0.2) is 24.3 Å². The molecule has 1 aliphatic rings. The van der Waals surface area contributed by atoms with Crippen LogP contribution in [0.5, 0.6) is 0 Å². The molecule has 1 aromatic carbocycles. The Morgan fingerprint density at radius 2 is 1.65 bits per heavy atom. The van der Waals surface area contributed by atoms with E-state index in [9.17, 15) is 4.79 Å². The van der Waals surface area contributed by atoms with Gasteiger partial charge in [0, 0.05) is 12.5 Å². The van der Waals surface area contributed by atoms with Gasteiger partial charge in [-0.05, 0) is 31.7 Å². The van der Waals surface area contributed by atoms with Crippen molar-refractivity contribution in [2.45, 2.75) is 70.8 Å². The van der Waals surface area contributed by atoms with E-state index in [0.29, 0.717) is 12.5 Å². The van der Waals surface area contributed by atoms with Crippen LogP contribution in [0.2, 0.25) is 0 Å². The molecule has 0 unspecified atom stereocenters. The number of benzene rings is 1. The summed E-state index contributed by atoms with van der Waals surface area (Å²) in [5, 5.41) is 3.23. The lowest BCUT2D eigenvalue weighted by atomic mass is 9.96. The van der Waals surface area contributed by atoms with Crippen LogP contribution in [0.4, 0.5) is 0 Å². The molecular weight excluding hydrogens is 246 g/mol. The highest BCUT2D eigenvalue weighted by molar-refractivity contribution is 5.76. The van der Waals surface area contributed by atoms with Gasteiger partial charge in [0.05, 0.1) is 0 Å². The summed E-state index contributed by atoms with van der Waals surface area (Å²) >= 11 is 0. The van der Waals surface area contributed by atoms with Crippen molar-refractivity contribution < 1.29 is 4.79 Å². The minimum Gasteiger partial charge on any atom is -0.353 e. The molecule has 0 aliphatic heterocycles. The number of hydrogen-bond acceptors (Lipinski definition) is 1. The Labute approximate surface area is 123 Å². The summed E-state index contributed by atoms with van der Waals surface area (Å²) in [5.74, 6) is 0.219. The van der Waals surface area contributed by atoms with Crippen molar-refractivity contribution in [1.82, 2.24) is 5.32 Å². The normalized spacial score (nSPS) is 17.2. The Bertz CT molecular complexity index is 402. The Hall–Kier alpha value is -1.31. The van der Waals surface area contributed by atoms with Gasteiger partial charge in [0.2, 0.25) is 5.91 Å². The summed E-state index contributed by atoms with van der Waals surface area (Å²) in [6, 6.07) is 8.89. The van der Waals surface area contributed by atoms with Gasteiger partial charge in [-0.15, -0.1) is 0 Å². The van der Waals surface area contributed by atoms with Crippen LogP contribution >= 0.6 is 0 Å². The first kappa shape index (κ1) is 15.1. The zero-order valence-corrected chi connectivity index (χ0v) is 12.7. The van der Waals surface area contributed by atoms with Gasteiger partial charge in [-0.2, -0.15) is 0 Å². The Morgan fingerprint density at radius 1 is 1.05 bits per heavy atom. The summed E-state index contributed by atoms with van der Waals surface area (Å²) in [6.45, 7) is 2.09. The maximum atomic E-state index is 12.0. The third-order valence-electron chi connectivity index (χ3n) is 4.23. The minimum absolute atomic E-state index is 0.219. The van der Waals surface area contributed by atoms with Crippen molar-refractivity contribution >= 4 is 5.91 Å². The van der Waals surface area contributed by atoms with E-state index in [1.807, 2.05) is 0 Å². The van der Waals surface area contributed by atoms with Gasteiger partial charge >= 0.3 is 0 Å². The number of aryl methyl sites for hydroxylation is 2. The summed E-state index contributed by atoms with van der Waals surface area (Å²) in [6.07, 6.45) is 10.3. The fourth-order valence-corrected chi connectivity index (χ4v) is 2.91. The Morgan fingerprint density at radius 3 is 2.30 bits per heavy atom. The van der Waals surface area contributed by atoms with Gasteiger partial charge in [0.1, 0.15) is 0 Å². The van der Waals surface area contributed by atoms with Crippen molar-refractivity contribution in [2.24, 2.45) is 0 Å². The molecule has 0 aromatic heterocycles. The molecule has 0 spiro atoms. The topological polar surface area (TPSA) is 29.1 Å². The lowest BCUT2D eigenvalue weighted by Crippen LogP contribution is -2.35. The second-order valence-corrected chi connectivity index (χ2v) is 6.10. The third kappa shape index (κ3) is 5.36. The molecule has 0 saturated heterocycles. The van der Waals surface area contributed by atoms with E-state index in [-0.39, 0.29) is 5.91 Å². The van der Waals surface area contributed by atoms with Crippen molar-refractivity contribution in [3.8, 4) is 0 Å². The predicted molar refractivity (Wildman–Crippen MR) is 83.7 cm³/mol. The summed E-state index contributed by atoms with van der Waals surface area (Å²) in [5.41, 5.74) is 2.52. The average molecular weight is 273 g/mol. The smallest absolute Gasteiger partial charge is 0.220 e. The molecule has 1 N–H and O–H groups in total. The number of rotatable bonds is 4. The molecule has 1 aliphatic carbocycles. The molecule has 1 saturated carbocycles. The van der Waals surface area contributed by atoms with Crippen LogP contribution in [-0.4, -0.2) is 11.9 Å². The van der Waals surface area contributed by atoms with Crippen molar-refractivity contribution in [3.05, 3.63) is 35.4 Å². The van der Waals surface area contributed by atoms with Crippen LogP contribution < -0.4 is 5.32 Å². The molecule has 1 fully saturated rings. The van der Waals surface area contributed by atoms with Crippen molar-refractivity contribution in [2.75, 3.05) is 0 Å². The third-order valence-corrected chi connectivity index (χ3v) is 4.23. The van der Waals surface area contributed by atoms with E-state index in [1.165, 1.54) is 43.2 Å². The number of hydrogen-bond donors (Lipinski definition) is 1. The van der Waals surface area contributed by atoms with Crippen LogP contribution in [0.1, 0.15) is 62.5 Å². The van der Waals surface area contributed by atoms with E-state index in [2.05, 4.69) is 36.5 Å². The van der Waals surface area contributed by atoms with E-state index >= 15 is 0 Å². The highest BCUT2D eigenvalue weighted by Gasteiger charge is 2.13. The van der Waals surface area contributed by atoms with Crippen molar-refractivity contribution in [1.29, 1.82) is 0 Å². The fourth-order valence-electron chi connectivity index (χ4n) is 2.91. The van der Waals surface area contributed by atoms with Crippen LogP contribution in [0.25, 0.3) is 0 Å². The van der Waals surface area contributed by atoms with E-state index in [0.717, 1.165) is 19.3 Å². The summed E-state index contributed by atoms with van der Waals surface area (Å²) < 4.78 is 0. The maximum Gasteiger partial charge on any atom is 0.220 e. The van der Waals surface area contributed by atoms with Crippen LogP contribution in [0.3, 0.4) is 0 Å². The van der Waals surface area contributed by atoms with Gasteiger partial charge in [-0.25, -0.2) is 0 Å². The quantitative estimate of drug-likeness (QED) is 0.877. The molecule has 110 valence electrons. The maximum absolute atomic E-state index is 12.0. The largest absolute Gasteiger partial charge is 0.353 e. The summed E-state index contributed by atoms with van der Waals surface area (Å²) in [4.78, 5) is 12.0. The second kappa shape index (κ2) is 8.08. The number of nitrogens with one attached hydrogen (secondary N) is 1. The average Bonchev–Trinajstić information content (AvgIpc) is 2.41. The van der Waals surface area contributed by atoms with Crippen molar-refractivity contribution in [3.63, 3.8) is 0 Å². The lowest BCUT2D eigenvalue weighted by Gasteiger charge is -2.21. The minimum atomic E-state index is 0.219. The zero-order valence-electron chi connectivity index (χ0n) is 12.7. The monoisotopic (exact) mass is 273 g/mol. The summed E-state index contributed by atoms with van der Waals surface area (Å²) in [7, 11) is 0. The molecule has 2 nitrogen and oxygen atoms in total. The first-order chi connectivity index (χ1) is 9.74. The van der Waals surface area contributed by atoms with Gasteiger partial charge in [-0.1, -0.05) is 61.9 Å². The molecule has 0 bridgehead atoms. The van der Waals surface area contributed by atoms with E-state index in [4.69, 9.17) is 0 Å². The Kier molecular flexibility index (Phi) is 6.10. The number of carbonyl (C=O) groups excluding carboxylic acids is 1.